The molecule has 19 heavy (non-hydrogen) atoms. The van der Waals surface area contributed by atoms with E-state index in [-0.39, 0.29) is 29.2 Å². The van der Waals surface area contributed by atoms with Gasteiger partial charge in [-0.3, -0.25) is 0 Å². The Hall–Kier alpha value is -0.940. The van der Waals surface area contributed by atoms with E-state index in [2.05, 4.69) is 4.72 Å². The van der Waals surface area contributed by atoms with E-state index in [1.54, 1.807) is 12.1 Å². The Morgan fingerprint density at radius 3 is 2.11 bits per heavy atom. The van der Waals surface area contributed by atoms with Crippen LogP contribution in [0.1, 0.15) is 33.3 Å². The summed E-state index contributed by atoms with van der Waals surface area (Å²) in [6, 6.07) is 5.80. The molecule has 1 N–H and O–H groups in total. The normalized spacial score (nSPS) is 12.6. The summed E-state index contributed by atoms with van der Waals surface area (Å²) in [6.45, 7) is 7.87. The summed E-state index contributed by atoms with van der Waals surface area (Å²) in [5.41, 5.74) is 0.196. The number of halogens is 1. The first-order chi connectivity index (χ1) is 8.73. The number of sulfonamides is 1. The lowest BCUT2D eigenvalue weighted by Gasteiger charge is -2.25. The van der Waals surface area contributed by atoms with Crippen molar-refractivity contribution in [2.24, 2.45) is 11.8 Å². The molecule has 0 aliphatic carbocycles. The highest BCUT2D eigenvalue weighted by Gasteiger charge is 2.24. The molecule has 0 saturated heterocycles. The van der Waals surface area contributed by atoms with E-state index >= 15 is 0 Å². The van der Waals surface area contributed by atoms with Crippen LogP contribution in [0, 0.1) is 17.7 Å². The second kappa shape index (κ2) is 6.48. The van der Waals surface area contributed by atoms with Gasteiger partial charge in [-0.15, -0.1) is 0 Å². The first-order valence-corrected chi connectivity index (χ1v) is 8.11. The molecule has 0 heterocycles. The standard InChI is InChI=1S/C14H22FNO2S/c1-10(2)14(11(3)4)16-19(17,18)9-12-7-5-6-8-13(12)15/h5-8,10-11,14,16H,9H2,1-4H3. The summed E-state index contributed by atoms with van der Waals surface area (Å²) in [5.74, 6) is -0.431. The number of nitrogens with one attached hydrogen (secondary N) is 1. The Labute approximate surface area is 115 Å². The van der Waals surface area contributed by atoms with Gasteiger partial charge in [-0.1, -0.05) is 45.9 Å². The molecule has 5 heteroatoms. The molecule has 0 aliphatic heterocycles. The van der Waals surface area contributed by atoms with Crippen LogP contribution in [-0.4, -0.2) is 14.5 Å². The maximum absolute atomic E-state index is 13.5. The van der Waals surface area contributed by atoms with Crippen LogP contribution in [0.15, 0.2) is 24.3 Å². The van der Waals surface area contributed by atoms with E-state index in [4.69, 9.17) is 0 Å². The quantitative estimate of drug-likeness (QED) is 0.874. The second-order valence-corrected chi connectivity index (χ2v) is 7.24. The van der Waals surface area contributed by atoms with Gasteiger partial charge in [0.05, 0.1) is 5.75 Å². The van der Waals surface area contributed by atoms with Gasteiger partial charge in [0, 0.05) is 11.6 Å². The van der Waals surface area contributed by atoms with Crippen LogP contribution in [0.2, 0.25) is 0 Å². The Kier molecular flexibility index (Phi) is 5.50. The van der Waals surface area contributed by atoms with E-state index in [0.29, 0.717) is 0 Å². The van der Waals surface area contributed by atoms with E-state index in [9.17, 15) is 12.8 Å². The minimum absolute atomic E-state index is 0.142. The second-order valence-electron chi connectivity index (χ2n) is 5.48. The predicted molar refractivity (Wildman–Crippen MR) is 75.6 cm³/mol. The molecule has 0 unspecified atom stereocenters. The predicted octanol–water partition coefficient (Wildman–Crippen LogP) is 2.93. The zero-order valence-electron chi connectivity index (χ0n) is 11.9. The van der Waals surface area contributed by atoms with Crippen LogP contribution < -0.4 is 4.72 Å². The van der Waals surface area contributed by atoms with Gasteiger partial charge in [-0.05, 0) is 17.9 Å². The molecule has 0 radical (unpaired) electrons. The fourth-order valence-corrected chi connectivity index (χ4v) is 3.80. The lowest BCUT2D eigenvalue weighted by atomic mass is 9.94. The zero-order valence-corrected chi connectivity index (χ0v) is 12.7. The molecule has 0 bridgehead atoms. The van der Waals surface area contributed by atoms with Gasteiger partial charge in [-0.2, -0.15) is 0 Å². The molecule has 108 valence electrons. The Balaban J connectivity index is 2.85. The van der Waals surface area contributed by atoms with E-state index in [1.807, 2.05) is 27.7 Å². The van der Waals surface area contributed by atoms with Crippen LogP contribution in [0.3, 0.4) is 0 Å². The van der Waals surface area contributed by atoms with Gasteiger partial charge in [0.2, 0.25) is 10.0 Å². The van der Waals surface area contributed by atoms with Crippen molar-refractivity contribution in [1.82, 2.24) is 4.72 Å². The fraction of sp³-hybridized carbons (Fsp3) is 0.571. The molecule has 0 atom stereocenters. The third-order valence-corrected chi connectivity index (χ3v) is 4.38. The molecule has 0 fully saturated rings. The van der Waals surface area contributed by atoms with Crippen LogP contribution >= 0.6 is 0 Å². The van der Waals surface area contributed by atoms with E-state index in [0.717, 1.165) is 0 Å². The summed E-state index contributed by atoms with van der Waals surface area (Å²) in [6.07, 6.45) is 0. The molecule has 0 spiro atoms. The van der Waals surface area contributed by atoms with Gasteiger partial charge >= 0.3 is 0 Å². The third-order valence-electron chi connectivity index (χ3n) is 3.06. The summed E-state index contributed by atoms with van der Waals surface area (Å²) in [5, 5.41) is 0. The number of hydrogen-bond donors (Lipinski definition) is 1. The van der Waals surface area contributed by atoms with Crippen molar-refractivity contribution in [3.05, 3.63) is 35.6 Å². The molecule has 0 aliphatic rings. The molecule has 0 aromatic heterocycles. The molecular formula is C14H22FNO2S. The highest BCUT2D eigenvalue weighted by Crippen LogP contribution is 2.16. The first kappa shape index (κ1) is 16.1. The van der Waals surface area contributed by atoms with Crippen molar-refractivity contribution in [2.75, 3.05) is 0 Å². The molecule has 1 aromatic carbocycles. The highest BCUT2D eigenvalue weighted by atomic mass is 32.2. The van der Waals surface area contributed by atoms with Gasteiger partial charge in [0.25, 0.3) is 0 Å². The topological polar surface area (TPSA) is 46.2 Å². The maximum Gasteiger partial charge on any atom is 0.216 e. The highest BCUT2D eigenvalue weighted by molar-refractivity contribution is 7.88. The third kappa shape index (κ3) is 4.91. The monoisotopic (exact) mass is 287 g/mol. The molecule has 3 nitrogen and oxygen atoms in total. The van der Waals surface area contributed by atoms with Crippen LogP contribution in [0.5, 0.6) is 0 Å². The number of hydrogen-bond acceptors (Lipinski definition) is 2. The van der Waals surface area contributed by atoms with Gasteiger partial charge in [-0.25, -0.2) is 17.5 Å². The van der Waals surface area contributed by atoms with Crippen LogP contribution in [0.25, 0.3) is 0 Å². The van der Waals surface area contributed by atoms with Crippen molar-refractivity contribution in [3.8, 4) is 0 Å². The van der Waals surface area contributed by atoms with Crippen molar-refractivity contribution < 1.29 is 12.8 Å². The van der Waals surface area contributed by atoms with Gasteiger partial charge in [0.15, 0.2) is 0 Å². The molecule has 0 amide bonds. The smallest absolute Gasteiger partial charge is 0.212 e. The fourth-order valence-electron chi connectivity index (χ4n) is 2.11. The SMILES string of the molecule is CC(C)C(NS(=O)(=O)Cc1ccccc1F)C(C)C. The summed E-state index contributed by atoms with van der Waals surface area (Å²) >= 11 is 0. The molecule has 0 saturated carbocycles. The minimum atomic E-state index is -3.54. The summed E-state index contributed by atoms with van der Waals surface area (Å²) < 4.78 is 40.3. The van der Waals surface area contributed by atoms with E-state index < -0.39 is 15.8 Å². The average molecular weight is 287 g/mol. The number of rotatable bonds is 6. The van der Waals surface area contributed by atoms with Crippen molar-refractivity contribution in [2.45, 2.75) is 39.5 Å². The lowest BCUT2D eigenvalue weighted by Crippen LogP contribution is -2.42. The molecule has 1 aromatic rings. The van der Waals surface area contributed by atoms with Gasteiger partial charge < -0.3 is 0 Å². The Morgan fingerprint density at radius 2 is 1.63 bits per heavy atom. The van der Waals surface area contributed by atoms with Crippen molar-refractivity contribution in [3.63, 3.8) is 0 Å². The average Bonchev–Trinajstić information content (AvgIpc) is 2.28. The Morgan fingerprint density at radius 1 is 1.11 bits per heavy atom. The van der Waals surface area contributed by atoms with Crippen molar-refractivity contribution in [1.29, 1.82) is 0 Å². The number of benzene rings is 1. The first-order valence-electron chi connectivity index (χ1n) is 6.46. The summed E-state index contributed by atoms with van der Waals surface area (Å²) in [4.78, 5) is 0. The summed E-state index contributed by atoms with van der Waals surface area (Å²) in [7, 11) is -3.54. The largest absolute Gasteiger partial charge is 0.216 e. The molecular weight excluding hydrogens is 265 g/mol. The molecule has 1 rings (SSSR count). The van der Waals surface area contributed by atoms with Crippen LogP contribution in [0.4, 0.5) is 4.39 Å². The Bertz CT molecular complexity index is 504. The zero-order chi connectivity index (χ0) is 14.6. The lowest BCUT2D eigenvalue weighted by molar-refractivity contribution is 0.355. The van der Waals surface area contributed by atoms with E-state index in [1.165, 1.54) is 12.1 Å². The van der Waals surface area contributed by atoms with Gasteiger partial charge in [0.1, 0.15) is 5.82 Å². The minimum Gasteiger partial charge on any atom is -0.212 e. The van der Waals surface area contributed by atoms with Crippen LogP contribution in [-0.2, 0) is 15.8 Å². The maximum atomic E-state index is 13.5. The van der Waals surface area contributed by atoms with Crippen molar-refractivity contribution >= 4 is 10.0 Å².